The molecule has 1 fully saturated rings. The third kappa shape index (κ3) is 2.52. The smallest absolute Gasteiger partial charge is 0.110 e. The summed E-state index contributed by atoms with van der Waals surface area (Å²) in [6.45, 7) is -0.202. The predicted molar refractivity (Wildman–Crippen MR) is 77.6 cm³/mol. The molecule has 1 aliphatic rings. The molecule has 0 unspecified atom stereocenters. The number of aliphatic hydroxyl groups is 3. The second kappa shape index (κ2) is 5.72. The first-order valence-electron chi connectivity index (χ1n) is 6.43. The Kier molecular flexibility index (Phi) is 4.09. The van der Waals surface area contributed by atoms with Crippen LogP contribution >= 0.6 is 23.2 Å². The second-order valence-electron chi connectivity index (χ2n) is 5.01. The summed E-state index contributed by atoms with van der Waals surface area (Å²) in [5.41, 5.74) is 1.32. The number of rotatable bonds is 2. The molecule has 3 rings (SSSR count). The van der Waals surface area contributed by atoms with E-state index in [0.717, 1.165) is 0 Å². The number of halogens is 2. The Morgan fingerprint density at radius 3 is 2.67 bits per heavy atom. The van der Waals surface area contributed by atoms with Crippen molar-refractivity contribution in [2.24, 2.45) is 0 Å². The lowest BCUT2D eigenvalue weighted by Crippen LogP contribution is -2.51. The van der Waals surface area contributed by atoms with Crippen LogP contribution in [0.25, 0.3) is 11.0 Å². The monoisotopic (exact) mass is 332 g/mol. The summed E-state index contributed by atoms with van der Waals surface area (Å²) in [7, 11) is 0. The molecule has 0 radical (unpaired) electrons. The van der Waals surface area contributed by atoms with Crippen molar-refractivity contribution in [2.75, 3.05) is 13.2 Å². The SMILES string of the molecule is OC[C@H]1OC[C@@H](n2cnc3cc(Cl)c(Cl)cc32)[C@H](O)[C@@H]1O. The van der Waals surface area contributed by atoms with Crippen LogP contribution < -0.4 is 0 Å². The Bertz CT molecular complexity index is 663. The van der Waals surface area contributed by atoms with E-state index in [-0.39, 0.29) is 13.2 Å². The number of fused-ring (bicyclic) bond motifs is 1. The van der Waals surface area contributed by atoms with Gasteiger partial charge in [0.25, 0.3) is 0 Å². The molecule has 1 saturated heterocycles. The minimum Gasteiger partial charge on any atom is -0.394 e. The molecule has 8 heteroatoms. The summed E-state index contributed by atoms with van der Waals surface area (Å²) >= 11 is 12.0. The van der Waals surface area contributed by atoms with Crippen LogP contribution in [0.1, 0.15) is 6.04 Å². The number of benzene rings is 1. The molecular weight excluding hydrogens is 319 g/mol. The topological polar surface area (TPSA) is 87.7 Å². The van der Waals surface area contributed by atoms with E-state index in [1.165, 1.54) is 0 Å². The first-order chi connectivity index (χ1) is 10.0. The van der Waals surface area contributed by atoms with Crippen LogP contribution in [0.2, 0.25) is 10.0 Å². The molecule has 6 nitrogen and oxygen atoms in total. The molecule has 1 aromatic carbocycles. The van der Waals surface area contributed by atoms with Crippen molar-refractivity contribution in [1.29, 1.82) is 0 Å². The van der Waals surface area contributed by atoms with Crippen molar-refractivity contribution in [1.82, 2.24) is 9.55 Å². The van der Waals surface area contributed by atoms with Gasteiger partial charge in [0.05, 0.1) is 46.7 Å². The van der Waals surface area contributed by atoms with Crippen LogP contribution in [-0.4, -0.2) is 56.4 Å². The van der Waals surface area contributed by atoms with Crippen molar-refractivity contribution < 1.29 is 20.1 Å². The van der Waals surface area contributed by atoms with Crippen molar-refractivity contribution in [3.63, 3.8) is 0 Å². The summed E-state index contributed by atoms with van der Waals surface area (Å²) < 4.78 is 7.07. The van der Waals surface area contributed by atoms with Crippen LogP contribution in [0.4, 0.5) is 0 Å². The highest BCUT2D eigenvalue weighted by atomic mass is 35.5. The molecule has 1 aliphatic heterocycles. The van der Waals surface area contributed by atoms with Crippen molar-refractivity contribution in [3.8, 4) is 0 Å². The highest BCUT2D eigenvalue weighted by Crippen LogP contribution is 2.31. The van der Waals surface area contributed by atoms with E-state index in [0.29, 0.717) is 21.1 Å². The maximum Gasteiger partial charge on any atom is 0.110 e. The number of ether oxygens (including phenoxy) is 1. The number of hydrogen-bond acceptors (Lipinski definition) is 5. The fourth-order valence-electron chi connectivity index (χ4n) is 2.56. The van der Waals surface area contributed by atoms with Gasteiger partial charge in [0.1, 0.15) is 18.3 Å². The maximum absolute atomic E-state index is 10.2. The second-order valence-corrected chi connectivity index (χ2v) is 5.82. The van der Waals surface area contributed by atoms with E-state index in [1.54, 1.807) is 23.0 Å². The molecule has 3 N–H and O–H groups in total. The summed E-state index contributed by atoms with van der Waals surface area (Å²) in [6, 6.07) is 2.77. The first-order valence-corrected chi connectivity index (χ1v) is 7.18. The van der Waals surface area contributed by atoms with Gasteiger partial charge in [-0.3, -0.25) is 0 Å². The number of imidazole rings is 1. The zero-order valence-corrected chi connectivity index (χ0v) is 12.4. The van der Waals surface area contributed by atoms with Gasteiger partial charge in [0.15, 0.2) is 0 Å². The summed E-state index contributed by atoms with van der Waals surface area (Å²) in [6.07, 6.45) is -1.50. The zero-order valence-electron chi connectivity index (χ0n) is 10.9. The normalized spacial score (nSPS) is 30.0. The fraction of sp³-hybridized carbons (Fsp3) is 0.462. The highest BCUT2D eigenvalue weighted by molar-refractivity contribution is 6.42. The average molecular weight is 333 g/mol. The molecule has 4 atom stereocenters. The lowest BCUT2D eigenvalue weighted by molar-refractivity contribution is -0.169. The third-order valence-electron chi connectivity index (χ3n) is 3.76. The molecule has 0 amide bonds. The van der Waals surface area contributed by atoms with Gasteiger partial charge in [0, 0.05) is 0 Å². The van der Waals surface area contributed by atoms with Crippen LogP contribution in [-0.2, 0) is 4.74 Å². The number of aliphatic hydroxyl groups excluding tert-OH is 3. The third-order valence-corrected chi connectivity index (χ3v) is 4.48. The fourth-order valence-corrected chi connectivity index (χ4v) is 2.88. The predicted octanol–water partition coefficient (Wildman–Crippen LogP) is 0.997. The molecule has 0 aliphatic carbocycles. The number of nitrogens with zero attached hydrogens (tertiary/aromatic N) is 2. The molecule has 2 aromatic rings. The van der Waals surface area contributed by atoms with Gasteiger partial charge in [-0.2, -0.15) is 0 Å². The summed E-state index contributed by atoms with van der Waals surface area (Å²) in [5.74, 6) is 0. The van der Waals surface area contributed by atoms with E-state index in [1.807, 2.05) is 0 Å². The van der Waals surface area contributed by atoms with Gasteiger partial charge >= 0.3 is 0 Å². The van der Waals surface area contributed by atoms with Gasteiger partial charge in [-0.25, -0.2) is 4.98 Å². The van der Waals surface area contributed by atoms with E-state index in [4.69, 9.17) is 33.0 Å². The van der Waals surface area contributed by atoms with Crippen molar-refractivity contribution >= 4 is 34.2 Å². The Morgan fingerprint density at radius 1 is 1.24 bits per heavy atom. The first kappa shape index (κ1) is 15.0. The molecular formula is C13H14Cl2N2O4. The quantitative estimate of drug-likeness (QED) is 0.763. The molecule has 1 aromatic heterocycles. The summed E-state index contributed by atoms with van der Waals surface area (Å²) in [4.78, 5) is 4.22. The van der Waals surface area contributed by atoms with Crippen LogP contribution in [0, 0.1) is 0 Å². The van der Waals surface area contributed by atoms with Crippen LogP contribution in [0.3, 0.4) is 0 Å². The van der Waals surface area contributed by atoms with Crippen molar-refractivity contribution in [3.05, 3.63) is 28.5 Å². The molecule has 0 spiro atoms. The van der Waals surface area contributed by atoms with E-state index in [2.05, 4.69) is 4.98 Å². The number of aromatic nitrogens is 2. The minimum absolute atomic E-state index is 0.148. The lowest BCUT2D eigenvalue weighted by atomic mass is 9.98. The average Bonchev–Trinajstić information content (AvgIpc) is 2.85. The van der Waals surface area contributed by atoms with Crippen LogP contribution in [0.15, 0.2) is 18.5 Å². The molecule has 2 heterocycles. The zero-order chi connectivity index (χ0) is 15.1. The molecule has 0 bridgehead atoms. The van der Waals surface area contributed by atoms with E-state index < -0.39 is 24.4 Å². The summed E-state index contributed by atoms with van der Waals surface area (Å²) in [5, 5.41) is 30.1. The molecule has 21 heavy (non-hydrogen) atoms. The van der Waals surface area contributed by atoms with E-state index in [9.17, 15) is 10.2 Å². The van der Waals surface area contributed by atoms with Crippen molar-refractivity contribution in [2.45, 2.75) is 24.4 Å². The lowest BCUT2D eigenvalue weighted by Gasteiger charge is -2.37. The van der Waals surface area contributed by atoms with Gasteiger partial charge in [-0.1, -0.05) is 23.2 Å². The molecule has 0 saturated carbocycles. The number of hydrogen-bond donors (Lipinski definition) is 3. The van der Waals surface area contributed by atoms with Gasteiger partial charge < -0.3 is 24.6 Å². The van der Waals surface area contributed by atoms with E-state index >= 15 is 0 Å². The Hall–Kier alpha value is -0.890. The Morgan fingerprint density at radius 2 is 1.95 bits per heavy atom. The maximum atomic E-state index is 10.2. The van der Waals surface area contributed by atoms with Gasteiger partial charge in [0.2, 0.25) is 0 Å². The Labute approximate surface area is 130 Å². The Balaban J connectivity index is 1.99. The standard InChI is InChI=1S/C13H14Cl2N2O4/c14-6-1-8-9(2-7(6)15)17(5-16-8)10-4-21-11(3-18)13(20)12(10)19/h1-2,5,10-13,18-20H,3-4H2/t10-,11-,12+,13-/m1/s1. The minimum atomic E-state index is -1.17. The highest BCUT2D eigenvalue weighted by Gasteiger charge is 2.39. The van der Waals surface area contributed by atoms with Crippen LogP contribution in [0.5, 0.6) is 0 Å². The van der Waals surface area contributed by atoms with Gasteiger partial charge in [-0.15, -0.1) is 0 Å². The molecule has 114 valence electrons. The van der Waals surface area contributed by atoms with Gasteiger partial charge in [-0.05, 0) is 12.1 Å². The largest absolute Gasteiger partial charge is 0.394 e.